The van der Waals surface area contributed by atoms with Crippen LogP contribution in [-0.2, 0) is 34.1 Å². The van der Waals surface area contributed by atoms with Crippen molar-refractivity contribution in [3.8, 4) is 0 Å². The van der Waals surface area contributed by atoms with Crippen molar-refractivity contribution in [2.24, 2.45) is 0 Å². The topological polar surface area (TPSA) is 113 Å². The van der Waals surface area contributed by atoms with Crippen LogP contribution in [0.25, 0.3) is 10.9 Å². The van der Waals surface area contributed by atoms with Gasteiger partial charge in [-0.25, -0.2) is 17.2 Å². The number of amides is 1. The standard InChI is InChI=1S/C33H42F2N4O5S/c1-4-6-9-44-25-16-27(36-17-25)31(40)28(12-20-10-23(34)15-24(35)11-20)37-32(41)22-13-26-21(5-2)18-39-19-33(7-8-33)45(42,43)38(3)29(14-22)30(26)39/h10-11,13-15,18,25,27-28,31,36,40H,4-9,12,16-17,19H2,1-3H3,(H,37,41)/t25-,27-,28+,31-/m1/s1. The molecule has 1 amide bonds. The lowest BCUT2D eigenvalue weighted by Crippen LogP contribution is -2.52. The number of nitrogens with one attached hydrogen (secondary N) is 2. The van der Waals surface area contributed by atoms with E-state index >= 15 is 0 Å². The molecular formula is C33H42F2N4O5S. The van der Waals surface area contributed by atoms with E-state index in [1.165, 1.54) is 23.5 Å². The van der Waals surface area contributed by atoms with Crippen molar-refractivity contribution in [3.05, 3.63) is 64.9 Å². The van der Waals surface area contributed by atoms with Crippen molar-refractivity contribution < 1.29 is 31.8 Å². The summed E-state index contributed by atoms with van der Waals surface area (Å²) < 4.78 is 64.0. The summed E-state index contributed by atoms with van der Waals surface area (Å²) >= 11 is 0. The molecule has 3 aromatic rings. The fourth-order valence-electron chi connectivity index (χ4n) is 6.92. The lowest BCUT2D eigenvalue weighted by Gasteiger charge is -2.29. The molecule has 1 aliphatic carbocycles. The molecule has 1 saturated carbocycles. The molecule has 0 unspecified atom stereocenters. The Labute approximate surface area is 263 Å². The van der Waals surface area contributed by atoms with Gasteiger partial charge in [-0.2, -0.15) is 0 Å². The van der Waals surface area contributed by atoms with E-state index in [9.17, 15) is 27.1 Å². The van der Waals surface area contributed by atoms with Gasteiger partial charge in [0.1, 0.15) is 16.4 Å². The zero-order valence-corrected chi connectivity index (χ0v) is 26.8. The molecule has 3 heterocycles. The maximum atomic E-state index is 14.1. The van der Waals surface area contributed by atoms with Crippen LogP contribution >= 0.6 is 0 Å². The molecule has 244 valence electrons. The maximum Gasteiger partial charge on any atom is 0.251 e. The highest BCUT2D eigenvalue weighted by molar-refractivity contribution is 7.94. The van der Waals surface area contributed by atoms with Gasteiger partial charge in [0.15, 0.2) is 0 Å². The number of aliphatic hydroxyl groups excluding tert-OH is 1. The first-order valence-corrected chi connectivity index (χ1v) is 17.3. The smallest absolute Gasteiger partial charge is 0.251 e. The van der Waals surface area contributed by atoms with Crippen LogP contribution in [0.15, 0.2) is 36.5 Å². The number of aromatic nitrogens is 1. The molecular weight excluding hydrogens is 602 g/mol. The van der Waals surface area contributed by atoms with E-state index in [0.717, 1.165) is 35.4 Å². The largest absolute Gasteiger partial charge is 0.389 e. The van der Waals surface area contributed by atoms with Gasteiger partial charge >= 0.3 is 0 Å². The predicted molar refractivity (Wildman–Crippen MR) is 169 cm³/mol. The Bertz CT molecular complexity index is 1690. The highest BCUT2D eigenvalue weighted by atomic mass is 32.2. The number of nitrogens with zero attached hydrogens (tertiary/aromatic N) is 2. The monoisotopic (exact) mass is 644 g/mol. The zero-order chi connectivity index (χ0) is 32.1. The Morgan fingerprint density at radius 3 is 2.58 bits per heavy atom. The average molecular weight is 645 g/mol. The lowest BCUT2D eigenvalue weighted by atomic mass is 9.94. The van der Waals surface area contributed by atoms with Crippen molar-refractivity contribution >= 4 is 32.5 Å². The van der Waals surface area contributed by atoms with Crippen LogP contribution in [0, 0.1) is 11.6 Å². The molecule has 0 bridgehead atoms. The normalized spacial score (nSPS) is 22.8. The number of benzene rings is 2. The molecule has 3 aliphatic rings. The number of aryl methyl sites for hydroxylation is 1. The number of ether oxygens (including phenoxy) is 1. The first-order chi connectivity index (χ1) is 21.5. The summed E-state index contributed by atoms with van der Waals surface area (Å²) in [5.74, 6) is -2.01. The van der Waals surface area contributed by atoms with E-state index in [4.69, 9.17) is 4.74 Å². The molecule has 2 fully saturated rings. The number of carbonyl (C=O) groups is 1. The minimum Gasteiger partial charge on any atom is -0.389 e. The fourth-order valence-corrected chi connectivity index (χ4v) is 8.82. The van der Waals surface area contributed by atoms with Crippen LogP contribution in [-0.4, -0.2) is 73.2 Å². The second kappa shape index (κ2) is 12.3. The summed E-state index contributed by atoms with van der Waals surface area (Å²) in [6.45, 7) is 5.62. The maximum absolute atomic E-state index is 14.1. The molecule has 12 heteroatoms. The third kappa shape index (κ3) is 5.97. The van der Waals surface area contributed by atoms with Gasteiger partial charge < -0.3 is 25.0 Å². The SMILES string of the molecule is CCCCO[C@H]1CN[C@@H]([C@@H](O)[C@H](Cc2cc(F)cc(F)c2)NC(=O)c2cc3c4c(c2)c(CC)cn4CC2(CC2)S(=O)(=O)N3C)C1. The van der Waals surface area contributed by atoms with Gasteiger partial charge in [-0.05, 0) is 73.9 Å². The van der Waals surface area contributed by atoms with E-state index in [0.29, 0.717) is 56.6 Å². The van der Waals surface area contributed by atoms with E-state index in [1.54, 1.807) is 12.1 Å². The molecule has 2 aromatic carbocycles. The van der Waals surface area contributed by atoms with Crippen molar-refractivity contribution in [1.29, 1.82) is 0 Å². The number of unbranched alkanes of at least 4 members (excludes halogenated alkanes) is 1. The molecule has 4 atom stereocenters. The zero-order valence-electron chi connectivity index (χ0n) is 26.0. The number of halogens is 2. The summed E-state index contributed by atoms with van der Waals surface area (Å²) in [6, 6.07) is 5.19. The second-order valence-corrected chi connectivity index (χ2v) is 15.2. The van der Waals surface area contributed by atoms with Crippen LogP contribution in [0.3, 0.4) is 0 Å². The summed E-state index contributed by atoms with van der Waals surface area (Å²) in [4.78, 5) is 14.0. The number of carbonyl (C=O) groups excluding carboxylic acids is 1. The van der Waals surface area contributed by atoms with Crippen molar-refractivity contribution in [1.82, 2.24) is 15.2 Å². The van der Waals surface area contributed by atoms with Gasteiger partial charge in [0, 0.05) is 56.0 Å². The lowest BCUT2D eigenvalue weighted by molar-refractivity contribution is 0.0498. The van der Waals surface area contributed by atoms with Crippen LogP contribution in [0.2, 0.25) is 0 Å². The molecule has 3 N–H and O–H groups in total. The van der Waals surface area contributed by atoms with Crippen molar-refractivity contribution in [2.75, 3.05) is 24.5 Å². The quantitative estimate of drug-likeness (QED) is 0.272. The van der Waals surface area contributed by atoms with Gasteiger partial charge in [0.05, 0.1) is 29.5 Å². The van der Waals surface area contributed by atoms with Gasteiger partial charge in [-0.15, -0.1) is 0 Å². The molecule has 2 aliphatic heterocycles. The van der Waals surface area contributed by atoms with Gasteiger partial charge in [-0.1, -0.05) is 20.3 Å². The Morgan fingerprint density at radius 1 is 1.18 bits per heavy atom. The Balaban J connectivity index is 1.32. The third-order valence-electron chi connectivity index (χ3n) is 9.69. The van der Waals surface area contributed by atoms with Crippen LogP contribution < -0.4 is 14.9 Å². The number of anilines is 1. The Kier molecular flexibility index (Phi) is 8.70. The Morgan fingerprint density at radius 2 is 1.91 bits per heavy atom. The summed E-state index contributed by atoms with van der Waals surface area (Å²) in [7, 11) is -2.13. The fraction of sp³-hybridized carbons (Fsp3) is 0.545. The van der Waals surface area contributed by atoms with Gasteiger partial charge in [-0.3, -0.25) is 9.10 Å². The Hall–Kier alpha value is -3.06. The van der Waals surface area contributed by atoms with E-state index in [2.05, 4.69) is 17.6 Å². The van der Waals surface area contributed by atoms with Crippen molar-refractivity contribution in [2.45, 2.75) is 94.4 Å². The van der Waals surface area contributed by atoms with E-state index in [1.807, 2.05) is 17.7 Å². The summed E-state index contributed by atoms with van der Waals surface area (Å²) in [6.07, 6.45) is 5.08. The summed E-state index contributed by atoms with van der Waals surface area (Å²) in [5, 5.41) is 18.6. The number of rotatable bonds is 11. The minimum absolute atomic E-state index is 0.0242. The van der Waals surface area contributed by atoms with E-state index < -0.39 is 50.5 Å². The highest BCUT2D eigenvalue weighted by Crippen LogP contribution is 2.51. The van der Waals surface area contributed by atoms with Gasteiger partial charge in [0.25, 0.3) is 5.91 Å². The van der Waals surface area contributed by atoms with Crippen LogP contribution in [0.5, 0.6) is 0 Å². The van der Waals surface area contributed by atoms with E-state index in [-0.39, 0.29) is 18.1 Å². The molecule has 45 heavy (non-hydrogen) atoms. The molecule has 0 radical (unpaired) electrons. The summed E-state index contributed by atoms with van der Waals surface area (Å²) in [5.41, 5.74) is 2.73. The third-order valence-corrected chi connectivity index (χ3v) is 12.2. The predicted octanol–water partition coefficient (Wildman–Crippen LogP) is 4.04. The van der Waals surface area contributed by atoms with Crippen LogP contribution in [0.4, 0.5) is 14.5 Å². The number of sulfonamides is 1. The minimum atomic E-state index is -3.67. The first-order valence-electron chi connectivity index (χ1n) is 15.9. The number of aliphatic hydroxyl groups is 1. The van der Waals surface area contributed by atoms with Gasteiger partial charge in [0.2, 0.25) is 10.0 Å². The van der Waals surface area contributed by atoms with Crippen LogP contribution in [0.1, 0.15) is 67.4 Å². The molecule has 9 nitrogen and oxygen atoms in total. The van der Waals surface area contributed by atoms with Crippen molar-refractivity contribution in [3.63, 3.8) is 0 Å². The molecule has 6 rings (SSSR count). The molecule has 1 saturated heterocycles. The molecule has 1 aromatic heterocycles. The second-order valence-electron chi connectivity index (χ2n) is 12.8. The number of hydrogen-bond donors (Lipinski definition) is 3. The highest BCUT2D eigenvalue weighted by Gasteiger charge is 2.58. The first kappa shape index (κ1) is 31.9. The number of hydrogen-bond acceptors (Lipinski definition) is 6. The average Bonchev–Trinajstić information content (AvgIpc) is 3.51. The molecule has 1 spiro atoms.